The van der Waals surface area contributed by atoms with Crippen LogP contribution in [0.1, 0.15) is 16.8 Å². The quantitative estimate of drug-likeness (QED) is 0.853. The van der Waals surface area contributed by atoms with Crippen molar-refractivity contribution in [1.29, 1.82) is 0 Å². The smallest absolute Gasteiger partial charge is 0.133 e. The molecule has 0 radical (unpaired) electrons. The maximum atomic E-state index is 13.1. The third-order valence-electron chi connectivity index (χ3n) is 2.78. The summed E-state index contributed by atoms with van der Waals surface area (Å²) < 4.78 is 20.3. The summed E-state index contributed by atoms with van der Waals surface area (Å²) in [6, 6.07) is 4.65. The van der Waals surface area contributed by atoms with Crippen LogP contribution in [0.2, 0.25) is 5.15 Å². The number of hydrogen-bond donors (Lipinski definition) is 0. The lowest BCUT2D eigenvalue weighted by molar-refractivity contribution is 0.304. The lowest BCUT2D eigenvalue weighted by atomic mass is 10.2. The van der Waals surface area contributed by atoms with E-state index in [1.165, 1.54) is 6.07 Å². The molecule has 0 N–H and O–H groups in total. The van der Waals surface area contributed by atoms with Crippen LogP contribution in [0.5, 0.6) is 5.75 Å². The van der Waals surface area contributed by atoms with E-state index in [2.05, 4.69) is 5.10 Å². The summed E-state index contributed by atoms with van der Waals surface area (Å²) in [6.07, 6.45) is 0. The molecule has 1 aromatic carbocycles. The van der Waals surface area contributed by atoms with E-state index in [1.807, 2.05) is 6.92 Å². The third kappa shape index (κ3) is 2.48. The zero-order valence-electron chi connectivity index (χ0n) is 10.5. The zero-order valence-corrected chi connectivity index (χ0v) is 11.3. The number of ether oxygens (including phenoxy) is 1. The summed E-state index contributed by atoms with van der Waals surface area (Å²) in [4.78, 5) is 0. The van der Waals surface area contributed by atoms with E-state index in [9.17, 15) is 4.39 Å². The highest BCUT2D eigenvalue weighted by Crippen LogP contribution is 2.22. The van der Waals surface area contributed by atoms with Gasteiger partial charge in [0.25, 0.3) is 0 Å². The molecule has 1 heterocycles. The first kappa shape index (κ1) is 12.9. The molecule has 0 aliphatic heterocycles. The van der Waals surface area contributed by atoms with Gasteiger partial charge in [-0.15, -0.1) is 0 Å². The van der Waals surface area contributed by atoms with Crippen molar-refractivity contribution < 1.29 is 9.13 Å². The summed E-state index contributed by atoms with van der Waals surface area (Å²) in [7, 11) is 1.78. The molecular weight excluding hydrogens is 255 g/mol. The van der Waals surface area contributed by atoms with Gasteiger partial charge in [0, 0.05) is 12.6 Å². The molecule has 3 nitrogen and oxygen atoms in total. The van der Waals surface area contributed by atoms with Crippen molar-refractivity contribution in [3.63, 3.8) is 0 Å². The van der Waals surface area contributed by atoms with Gasteiger partial charge in [0.2, 0.25) is 0 Å². The Morgan fingerprint density at radius 1 is 1.39 bits per heavy atom. The van der Waals surface area contributed by atoms with Crippen molar-refractivity contribution >= 4 is 11.6 Å². The predicted octanol–water partition coefficient (Wildman–Crippen LogP) is 3.41. The summed E-state index contributed by atoms with van der Waals surface area (Å²) in [5, 5.41) is 4.76. The third-order valence-corrected chi connectivity index (χ3v) is 3.26. The van der Waals surface area contributed by atoms with Gasteiger partial charge in [0.15, 0.2) is 0 Å². The van der Waals surface area contributed by atoms with Crippen molar-refractivity contribution in [3.05, 3.63) is 46.0 Å². The Hall–Kier alpha value is -1.55. The molecule has 0 aliphatic carbocycles. The second kappa shape index (κ2) is 4.98. The number of nitrogens with zero attached hydrogens (tertiary/aromatic N) is 2. The lowest BCUT2D eigenvalue weighted by Crippen LogP contribution is -1.98. The molecule has 96 valence electrons. The second-order valence-corrected chi connectivity index (χ2v) is 4.54. The minimum absolute atomic E-state index is 0.238. The van der Waals surface area contributed by atoms with E-state index in [0.717, 1.165) is 11.3 Å². The van der Waals surface area contributed by atoms with Crippen molar-refractivity contribution in [3.8, 4) is 5.75 Å². The number of benzene rings is 1. The summed E-state index contributed by atoms with van der Waals surface area (Å²) >= 11 is 6.10. The van der Waals surface area contributed by atoms with Gasteiger partial charge in [-0.1, -0.05) is 11.6 Å². The summed E-state index contributed by atoms with van der Waals surface area (Å²) in [6.45, 7) is 3.90. The molecule has 0 unspecified atom stereocenters. The van der Waals surface area contributed by atoms with Gasteiger partial charge in [-0.2, -0.15) is 5.10 Å². The van der Waals surface area contributed by atoms with E-state index < -0.39 is 0 Å². The van der Waals surface area contributed by atoms with Crippen molar-refractivity contribution in [2.45, 2.75) is 20.5 Å². The molecule has 0 spiro atoms. The Kier molecular flexibility index (Phi) is 3.57. The first-order chi connectivity index (χ1) is 8.49. The second-order valence-electron chi connectivity index (χ2n) is 4.18. The van der Waals surface area contributed by atoms with Crippen LogP contribution < -0.4 is 4.74 Å². The molecule has 18 heavy (non-hydrogen) atoms. The number of aryl methyl sites for hydroxylation is 3. The van der Waals surface area contributed by atoms with Crippen LogP contribution in [-0.2, 0) is 13.7 Å². The highest BCUT2D eigenvalue weighted by Gasteiger charge is 2.11. The first-order valence-corrected chi connectivity index (χ1v) is 5.93. The normalized spacial score (nSPS) is 10.7. The van der Waals surface area contributed by atoms with Crippen LogP contribution in [0.25, 0.3) is 0 Å². The van der Waals surface area contributed by atoms with Crippen LogP contribution in [0.4, 0.5) is 4.39 Å². The van der Waals surface area contributed by atoms with Gasteiger partial charge in [0.05, 0.1) is 5.69 Å². The van der Waals surface area contributed by atoms with Crippen LogP contribution in [0.15, 0.2) is 18.2 Å². The van der Waals surface area contributed by atoms with Gasteiger partial charge >= 0.3 is 0 Å². The Morgan fingerprint density at radius 3 is 2.67 bits per heavy atom. The molecule has 5 heteroatoms. The van der Waals surface area contributed by atoms with Crippen LogP contribution in [0.3, 0.4) is 0 Å². The maximum Gasteiger partial charge on any atom is 0.133 e. The summed E-state index contributed by atoms with van der Waals surface area (Å²) in [5.41, 5.74) is 2.24. The van der Waals surface area contributed by atoms with Crippen LogP contribution in [0, 0.1) is 19.7 Å². The van der Waals surface area contributed by atoms with E-state index in [4.69, 9.17) is 16.3 Å². The molecular formula is C13H14ClFN2O. The Morgan fingerprint density at radius 2 is 2.11 bits per heavy atom. The summed E-state index contributed by atoms with van der Waals surface area (Å²) in [5.74, 6) is 0.381. The van der Waals surface area contributed by atoms with Gasteiger partial charge < -0.3 is 4.74 Å². The van der Waals surface area contributed by atoms with Gasteiger partial charge in [0.1, 0.15) is 23.3 Å². The molecule has 0 saturated heterocycles. The van der Waals surface area contributed by atoms with Gasteiger partial charge in [-0.25, -0.2) is 4.39 Å². The predicted molar refractivity (Wildman–Crippen MR) is 68.4 cm³/mol. The molecule has 0 saturated carbocycles. The fraction of sp³-hybridized carbons (Fsp3) is 0.308. The molecule has 0 fully saturated rings. The molecule has 0 aliphatic rings. The van der Waals surface area contributed by atoms with Crippen molar-refractivity contribution in [1.82, 2.24) is 9.78 Å². The molecule has 0 amide bonds. The Bertz CT molecular complexity index is 581. The van der Waals surface area contributed by atoms with Crippen LogP contribution in [-0.4, -0.2) is 9.78 Å². The molecule has 2 rings (SSSR count). The number of halogens is 2. The van der Waals surface area contributed by atoms with Gasteiger partial charge in [-0.3, -0.25) is 4.68 Å². The van der Waals surface area contributed by atoms with E-state index >= 15 is 0 Å². The number of aromatic nitrogens is 2. The fourth-order valence-electron chi connectivity index (χ4n) is 1.70. The van der Waals surface area contributed by atoms with Gasteiger partial charge in [-0.05, 0) is 37.6 Å². The highest BCUT2D eigenvalue weighted by molar-refractivity contribution is 6.30. The zero-order chi connectivity index (χ0) is 13.3. The topological polar surface area (TPSA) is 27.1 Å². The molecule has 1 aromatic heterocycles. The number of rotatable bonds is 3. The van der Waals surface area contributed by atoms with Crippen LogP contribution >= 0.6 is 11.6 Å². The Balaban J connectivity index is 2.14. The maximum absolute atomic E-state index is 13.1. The van der Waals surface area contributed by atoms with E-state index in [1.54, 1.807) is 30.8 Å². The minimum atomic E-state index is -0.238. The Labute approximate surface area is 110 Å². The SMILES string of the molecule is Cc1cc(OCc2c(C)nn(C)c2Cl)ccc1F. The van der Waals surface area contributed by atoms with Crippen molar-refractivity contribution in [2.24, 2.45) is 7.05 Å². The van der Waals surface area contributed by atoms with E-state index in [0.29, 0.717) is 23.1 Å². The lowest BCUT2D eigenvalue weighted by Gasteiger charge is -2.07. The average molecular weight is 269 g/mol. The molecule has 0 bridgehead atoms. The fourth-order valence-corrected chi connectivity index (χ4v) is 1.93. The monoisotopic (exact) mass is 268 g/mol. The average Bonchev–Trinajstić information content (AvgIpc) is 2.56. The first-order valence-electron chi connectivity index (χ1n) is 5.56. The molecule has 0 atom stereocenters. The van der Waals surface area contributed by atoms with E-state index in [-0.39, 0.29) is 5.82 Å². The largest absolute Gasteiger partial charge is 0.489 e. The highest BCUT2D eigenvalue weighted by atomic mass is 35.5. The minimum Gasteiger partial charge on any atom is -0.489 e. The van der Waals surface area contributed by atoms with Crippen molar-refractivity contribution in [2.75, 3.05) is 0 Å². The molecule has 2 aromatic rings. The number of hydrogen-bond acceptors (Lipinski definition) is 2. The standard InChI is InChI=1S/C13H14ClFN2O/c1-8-6-10(4-5-12(8)15)18-7-11-9(2)16-17(3)13(11)14/h4-6H,7H2,1-3H3.